The number of aryl methyl sites for hydroxylation is 1. The van der Waals surface area contributed by atoms with Crippen LogP contribution in [0.2, 0.25) is 0 Å². The first-order chi connectivity index (χ1) is 10.6. The Hall–Kier alpha value is -1.91. The van der Waals surface area contributed by atoms with Gasteiger partial charge < -0.3 is 10.2 Å². The minimum Gasteiger partial charge on any atom is -0.352 e. The molecule has 2 heterocycles. The van der Waals surface area contributed by atoms with Crippen molar-refractivity contribution in [2.75, 3.05) is 13.1 Å². The van der Waals surface area contributed by atoms with Crippen LogP contribution in [0.1, 0.15) is 55.1 Å². The Bertz CT molecular complexity index is 513. The second-order valence-electron chi connectivity index (χ2n) is 5.95. The smallest absolute Gasteiger partial charge is 0.255 e. The third kappa shape index (κ3) is 4.55. The van der Waals surface area contributed by atoms with Crippen molar-refractivity contribution in [3.8, 4) is 0 Å². The van der Waals surface area contributed by atoms with E-state index in [9.17, 15) is 9.59 Å². The fourth-order valence-corrected chi connectivity index (χ4v) is 2.67. The van der Waals surface area contributed by atoms with Crippen molar-refractivity contribution in [1.82, 2.24) is 15.2 Å². The number of unbranched alkanes of at least 4 members (excludes halogenated alkanes) is 2. The molecule has 1 aromatic rings. The highest BCUT2D eigenvalue weighted by molar-refractivity contribution is 5.94. The number of rotatable bonds is 6. The van der Waals surface area contributed by atoms with Crippen LogP contribution in [0, 0.1) is 6.92 Å². The van der Waals surface area contributed by atoms with Gasteiger partial charge in [-0.05, 0) is 31.9 Å². The summed E-state index contributed by atoms with van der Waals surface area (Å²) in [5.74, 6) is 0.0972. The lowest BCUT2D eigenvalue weighted by atomic mass is 10.2. The molecule has 0 bridgehead atoms. The zero-order valence-corrected chi connectivity index (χ0v) is 13.5. The van der Waals surface area contributed by atoms with Crippen molar-refractivity contribution >= 4 is 11.8 Å². The normalized spacial score (nSPS) is 17.5. The molecular formula is C17H25N3O2. The predicted molar refractivity (Wildman–Crippen MR) is 85.6 cm³/mol. The molecule has 5 nitrogen and oxygen atoms in total. The molecule has 0 aromatic carbocycles. The van der Waals surface area contributed by atoms with Crippen molar-refractivity contribution in [3.05, 3.63) is 29.6 Å². The Balaban J connectivity index is 1.80. The minimum absolute atomic E-state index is 0.00441. The molecule has 2 amide bonds. The van der Waals surface area contributed by atoms with Gasteiger partial charge in [-0.25, -0.2) is 0 Å². The van der Waals surface area contributed by atoms with E-state index in [1.54, 1.807) is 17.2 Å². The van der Waals surface area contributed by atoms with Crippen molar-refractivity contribution < 1.29 is 9.59 Å². The van der Waals surface area contributed by atoms with Crippen molar-refractivity contribution in [1.29, 1.82) is 0 Å². The molecule has 2 rings (SSSR count). The number of likely N-dealkylation sites (tertiary alicyclic amines) is 1. The largest absolute Gasteiger partial charge is 0.352 e. The number of pyridine rings is 1. The van der Waals surface area contributed by atoms with E-state index in [-0.39, 0.29) is 17.9 Å². The summed E-state index contributed by atoms with van der Waals surface area (Å²) >= 11 is 0. The highest BCUT2D eigenvalue weighted by Crippen LogP contribution is 2.14. The number of nitrogens with one attached hydrogen (secondary N) is 1. The topological polar surface area (TPSA) is 62.3 Å². The number of hydrogen-bond donors (Lipinski definition) is 1. The summed E-state index contributed by atoms with van der Waals surface area (Å²) in [5, 5.41) is 3.03. The van der Waals surface area contributed by atoms with Gasteiger partial charge in [0.2, 0.25) is 5.91 Å². The van der Waals surface area contributed by atoms with Crippen LogP contribution in [0.15, 0.2) is 18.3 Å². The van der Waals surface area contributed by atoms with Crippen LogP contribution < -0.4 is 5.32 Å². The molecule has 120 valence electrons. The second-order valence-corrected chi connectivity index (χ2v) is 5.95. The van der Waals surface area contributed by atoms with E-state index in [1.165, 1.54) is 0 Å². The number of aromatic nitrogens is 1. The Morgan fingerprint density at radius 2 is 2.18 bits per heavy atom. The van der Waals surface area contributed by atoms with E-state index in [0.717, 1.165) is 31.4 Å². The average molecular weight is 303 g/mol. The molecule has 22 heavy (non-hydrogen) atoms. The third-order valence-electron chi connectivity index (χ3n) is 4.01. The highest BCUT2D eigenvalue weighted by Gasteiger charge is 2.27. The van der Waals surface area contributed by atoms with Crippen molar-refractivity contribution in [3.63, 3.8) is 0 Å². The first-order valence-electron chi connectivity index (χ1n) is 8.11. The van der Waals surface area contributed by atoms with Crippen LogP contribution in [-0.4, -0.2) is 40.8 Å². The lowest BCUT2D eigenvalue weighted by Crippen LogP contribution is -2.38. The Kier molecular flexibility index (Phi) is 5.92. The third-order valence-corrected chi connectivity index (χ3v) is 4.01. The van der Waals surface area contributed by atoms with Gasteiger partial charge in [0, 0.05) is 37.4 Å². The van der Waals surface area contributed by atoms with Gasteiger partial charge in [0.25, 0.3) is 5.91 Å². The van der Waals surface area contributed by atoms with Gasteiger partial charge in [0.1, 0.15) is 0 Å². The quantitative estimate of drug-likeness (QED) is 0.820. The number of carbonyl (C=O) groups excluding carboxylic acids is 2. The fraction of sp³-hybridized carbons (Fsp3) is 0.588. The predicted octanol–water partition coefficient (Wildman–Crippen LogP) is 2.30. The minimum atomic E-state index is -0.00441. The number of amides is 2. The van der Waals surface area contributed by atoms with E-state index < -0.39 is 0 Å². The molecule has 0 spiro atoms. The van der Waals surface area contributed by atoms with E-state index in [4.69, 9.17) is 0 Å². The zero-order chi connectivity index (χ0) is 15.9. The van der Waals surface area contributed by atoms with Crippen LogP contribution in [-0.2, 0) is 4.79 Å². The van der Waals surface area contributed by atoms with Gasteiger partial charge in [0.15, 0.2) is 0 Å². The second kappa shape index (κ2) is 7.92. The van der Waals surface area contributed by atoms with Crippen LogP contribution >= 0.6 is 0 Å². The molecule has 1 aromatic heterocycles. The lowest BCUT2D eigenvalue weighted by molar-refractivity contribution is -0.121. The molecule has 1 N–H and O–H groups in total. The Labute approximate surface area is 132 Å². The molecule has 1 fully saturated rings. The summed E-state index contributed by atoms with van der Waals surface area (Å²) in [4.78, 5) is 30.2. The first kappa shape index (κ1) is 16.5. The lowest BCUT2D eigenvalue weighted by Gasteiger charge is -2.17. The Morgan fingerprint density at radius 3 is 2.86 bits per heavy atom. The maximum absolute atomic E-state index is 12.4. The SMILES string of the molecule is CCCCCC(=O)N[C@@H]1CCN(C(=O)c2ccc(C)nc2)C1. The molecule has 1 aliphatic heterocycles. The van der Waals surface area contributed by atoms with E-state index in [0.29, 0.717) is 25.1 Å². The molecule has 0 saturated carbocycles. The zero-order valence-electron chi connectivity index (χ0n) is 13.5. The Morgan fingerprint density at radius 1 is 1.36 bits per heavy atom. The van der Waals surface area contributed by atoms with E-state index in [1.807, 2.05) is 13.0 Å². The van der Waals surface area contributed by atoms with Crippen LogP contribution in [0.4, 0.5) is 0 Å². The summed E-state index contributed by atoms with van der Waals surface area (Å²) in [6, 6.07) is 3.73. The van der Waals surface area contributed by atoms with E-state index >= 15 is 0 Å². The molecule has 5 heteroatoms. The van der Waals surface area contributed by atoms with Crippen LogP contribution in [0.5, 0.6) is 0 Å². The molecule has 0 radical (unpaired) electrons. The van der Waals surface area contributed by atoms with Gasteiger partial charge in [-0.1, -0.05) is 19.8 Å². The van der Waals surface area contributed by atoms with Crippen molar-refractivity contribution in [2.45, 2.75) is 52.0 Å². The first-order valence-corrected chi connectivity index (χ1v) is 8.11. The van der Waals surface area contributed by atoms with Crippen LogP contribution in [0.3, 0.4) is 0 Å². The average Bonchev–Trinajstić information content (AvgIpc) is 2.96. The molecule has 1 atom stereocenters. The number of nitrogens with zero attached hydrogens (tertiary/aromatic N) is 2. The number of hydrogen-bond acceptors (Lipinski definition) is 3. The molecule has 0 aliphatic carbocycles. The summed E-state index contributed by atoms with van der Waals surface area (Å²) in [6.45, 7) is 5.30. The van der Waals surface area contributed by atoms with E-state index in [2.05, 4.69) is 17.2 Å². The van der Waals surface area contributed by atoms with Gasteiger partial charge in [-0.3, -0.25) is 14.6 Å². The van der Waals surface area contributed by atoms with Gasteiger partial charge >= 0.3 is 0 Å². The maximum atomic E-state index is 12.4. The highest BCUT2D eigenvalue weighted by atomic mass is 16.2. The summed E-state index contributed by atoms with van der Waals surface area (Å²) in [7, 11) is 0. The van der Waals surface area contributed by atoms with Gasteiger partial charge in [-0.15, -0.1) is 0 Å². The summed E-state index contributed by atoms with van der Waals surface area (Å²) < 4.78 is 0. The molecule has 1 aliphatic rings. The summed E-state index contributed by atoms with van der Waals surface area (Å²) in [6.07, 6.45) is 6.17. The van der Waals surface area contributed by atoms with Crippen molar-refractivity contribution in [2.24, 2.45) is 0 Å². The maximum Gasteiger partial charge on any atom is 0.255 e. The summed E-state index contributed by atoms with van der Waals surface area (Å²) in [5.41, 5.74) is 1.51. The monoisotopic (exact) mass is 303 g/mol. The molecular weight excluding hydrogens is 278 g/mol. The fourth-order valence-electron chi connectivity index (χ4n) is 2.67. The van der Waals surface area contributed by atoms with Gasteiger partial charge in [0.05, 0.1) is 5.56 Å². The standard InChI is InChI=1S/C17H25N3O2/c1-3-4-5-6-16(21)19-15-9-10-20(12-15)17(22)14-8-7-13(2)18-11-14/h7-8,11,15H,3-6,9-10,12H2,1-2H3,(H,19,21)/t15-/m1/s1. The molecule has 0 unspecified atom stereocenters. The van der Waals surface area contributed by atoms with Crippen LogP contribution in [0.25, 0.3) is 0 Å². The van der Waals surface area contributed by atoms with Gasteiger partial charge in [-0.2, -0.15) is 0 Å². The number of carbonyl (C=O) groups is 2. The molecule has 1 saturated heterocycles.